The number of benzene rings is 1. The van der Waals surface area contributed by atoms with Crippen LogP contribution in [-0.2, 0) is 26.1 Å². The molecule has 2 heterocycles. The molecule has 0 amide bonds. The molecule has 2 fully saturated rings. The number of likely N-dealkylation sites (tertiary alicyclic amines) is 1. The van der Waals surface area contributed by atoms with Crippen molar-refractivity contribution in [3.8, 4) is 11.5 Å². The molecule has 2 aliphatic carbocycles. The second-order valence-corrected chi connectivity index (χ2v) is 12.1. The van der Waals surface area contributed by atoms with Crippen LogP contribution in [0.3, 0.4) is 0 Å². The van der Waals surface area contributed by atoms with Gasteiger partial charge in [0.1, 0.15) is 17.7 Å². The fourth-order valence-corrected chi connectivity index (χ4v) is 7.44. The quantitative estimate of drug-likeness (QED) is 0.637. The van der Waals surface area contributed by atoms with Gasteiger partial charge in [-0.1, -0.05) is 19.9 Å². The van der Waals surface area contributed by atoms with E-state index in [1.807, 2.05) is 41.7 Å². The Balaban J connectivity index is 1.57. The van der Waals surface area contributed by atoms with Gasteiger partial charge in [-0.2, -0.15) is 0 Å². The molecule has 1 spiro atoms. The molecule has 1 saturated heterocycles. The lowest BCUT2D eigenvalue weighted by atomic mass is 9.48. The minimum Gasteiger partial charge on any atom is -0.504 e. The Morgan fingerprint density at radius 2 is 2.03 bits per heavy atom. The second-order valence-electron chi connectivity index (χ2n) is 12.1. The molecular formula is C27H40N2O5. The normalized spacial score (nSPS) is 35.0. The van der Waals surface area contributed by atoms with Gasteiger partial charge in [0.25, 0.3) is 0 Å². The molecule has 34 heavy (non-hydrogen) atoms. The Morgan fingerprint density at radius 1 is 1.29 bits per heavy atom. The molecule has 0 aromatic heterocycles. The fraction of sp³-hybridized carbons (Fsp3) is 0.741. The summed E-state index contributed by atoms with van der Waals surface area (Å²) in [7, 11) is 4.03. The van der Waals surface area contributed by atoms with Crippen LogP contribution in [0.2, 0.25) is 0 Å². The van der Waals surface area contributed by atoms with Gasteiger partial charge in [-0.25, -0.2) is 0 Å². The Hall–Kier alpha value is -1.83. The molecular weight excluding hydrogens is 432 g/mol. The number of phenols is 1. The van der Waals surface area contributed by atoms with Crippen molar-refractivity contribution < 1.29 is 24.1 Å². The molecule has 7 heteroatoms. The van der Waals surface area contributed by atoms with Gasteiger partial charge in [-0.3, -0.25) is 10.1 Å². The highest BCUT2D eigenvalue weighted by Gasteiger charge is 2.73. The predicted molar refractivity (Wildman–Crippen MR) is 129 cm³/mol. The smallest absolute Gasteiger partial charge is 0.323 e. The first kappa shape index (κ1) is 23.9. The zero-order valence-corrected chi connectivity index (χ0v) is 21.6. The molecule has 1 saturated carbocycles. The number of aromatic hydroxyl groups is 1. The first-order valence-corrected chi connectivity index (χ1v) is 12.7. The summed E-state index contributed by atoms with van der Waals surface area (Å²) in [6, 6.07) is 3.56. The number of phenolic OH excluding ortho intramolecular Hbond substituents is 1. The van der Waals surface area contributed by atoms with E-state index >= 15 is 0 Å². The Labute approximate surface area is 203 Å². The number of carbonyl (C=O) groups excluding carboxylic acids is 1. The zero-order valence-electron chi connectivity index (χ0n) is 21.6. The van der Waals surface area contributed by atoms with Crippen LogP contribution >= 0.6 is 0 Å². The molecule has 2 bridgehead atoms. The lowest BCUT2D eigenvalue weighted by Gasteiger charge is -2.65. The van der Waals surface area contributed by atoms with Crippen molar-refractivity contribution in [2.24, 2.45) is 5.92 Å². The number of hydrogen-bond donors (Lipinski definition) is 2. The average Bonchev–Trinajstić information content (AvgIpc) is 3.11. The maximum absolute atomic E-state index is 13.1. The molecule has 188 valence electrons. The molecule has 0 radical (unpaired) electrons. The lowest BCUT2D eigenvalue weighted by Crippen LogP contribution is -2.78. The number of nitrogens with one attached hydrogen (secondary N) is 1. The monoisotopic (exact) mass is 472 g/mol. The second kappa shape index (κ2) is 7.84. The Morgan fingerprint density at radius 3 is 2.68 bits per heavy atom. The maximum atomic E-state index is 13.1. The standard InChI is InChI=1S/C27H40N2O5/c1-15(2)21(24(31)34-25(3,4)5)28-17-10-11-27(32-7)19-14-16-8-9-18(30)22-20(16)26(27,23(17)33-22)12-13-29(19)6/h8-9,15,17,19,21,23,28,30H,10-14H2,1-7H3/t17-,19+,21-,23-,26-,27+/m0/s1. The van der Waals surface area contributed by atoms with Crippen LogP contribution in [0.5, 0.6) is 11.5 Å². The van der Waals surface area contributed by atoms with E-state index in [4.69, 9.17) is 14.2 Å². The molecule has 6 atom stereocenters. The van der Waals surface area contributed by atoms with Crippen molar-refractivity contribution in [3.63, 3.8) is 0 Å². The van der Waals surface area contributed by atoms with E-state index in [1.54, 1.807) is 6.07 Å². The zero-order chi connectivity index (χ0) is 24.6. The van der Waals surface area contributed by atoms with Crippen molar-refractivity contribution in [1.82, 2.24) is 10.2 Å². The van der Waals surface area contributed by atoms with Crippen LogP contribution in [0.1, 0.15) is 65.0 Å². The molecule has 4 aliphatic rings. The van der Waals surface area contributed by atoms with Crippen LogP contribution < -0.4 is 10.1 Å². The average molecular weight is 473 g/mol. The molecule has 1 aromatic rings. The predicted octanol–water partition coefficient (Wildman–Crippen LogP) is 3.15. The van der Waals surface area contributed by atoms with Crippen LogP contribution in [0, 0.1) is 5.92 Å². The van der Waals surface area contributed by atoms with Crippen LogP contribution in [-0.4, -0.2) is 72.1 Å². The maximum Gasteiger partial charge on any atom is 0.323 e. The highest BCUT2D eigenvalue weighted by Crippen LogP contribution is 2.66. The highest BCUT2D eigenvalue weighted by atomic mass is 16.6. The van der Waals surface area contributed by atoms with Gasteiger partial charge in [-0.15, -0.1) is 0 Å². The number of methoxy groups -OCH3 is 1. The third-order valence-electron chi connectivity index (χ3n) is 8.77. The van der Waals surface area contributed by atoms with Gasteiger partial charge in [0, 0.05) is 24.8 Å². The highest BCUT2D eigenvalue weighted by molar-refractivity contribution is 5.76. The summed E-state index contributed by atoms with van der Waals surface area (Å²) in [6.07, 6.45) is 3.22. The Kier molecular flexibility index (Phi) is 5.51. The lowest BCUT2D eigenvalue weighted by molar-refractivity contribution is -0.204. The summed E-state index contributed by atoms with van der Waals surface area (Å²) in [5.41, 5.74) is 1.06. The number of nitrogens with zero attached hydrogens (tertiary/aromatic N) is 1. The van der Waals surface area contributed by atoms with Gasteiger partial charge in [0.05, 0.1) is 11.0 Å². The van der Waals surface area contributed by atoms with E-state index in [-0.39, 0.29) is 41.2 Å². The SMILES string of the molecule is CO[C@@]12CC[C@H](N[C@H](C(=O)OC(C)(C)C)C(C)C)[C@@H]3Oc4c(O)ccc5c4[C@@]31CCN(C)[C@@H]2C5. The molecule has 2 aliphatic heterocycles. The first-order chi connectivity index (χ1) is 15.9. The van der Waals surface area contributed by atoms with Gasteiger partial charge in [-0.05, 0) is 77.6 Å². The minimum atomic E-state index is -0.548. The number of hydrogen-bond acceptors (Lipinski definition) is 7. The number of ether oxygens (including phenoxy) is 3. The van der Waals surface area contributed by atoms with E-state index < -0.39 is 17.2 Å². The first-order valence-electron chi connectivity index (χ1n) is 12.7. The number of rotatable bonds is 5. The van der Waals surface area contributed by atoms with Gasteiger partial charge in [0.15, 0.2) is 11.5 Å². The summed E-state index contributed by atoms with van der Waals surface area (Å²) < 4.78 is 19.0. The Bertz CT molecular complexity index is 988. The molecule has 7 nitrogen and oxygen atoms in total. The largest absolute Gasteiger partial charge is 0.504 e. The van der Waals surface area contributed by atoms with Crippen molar-refractivity contribution in [3.05, 3.63) is 23.3 Å². The fourth-order valence-electron chi connectivity index (χ4n) is 7.44. The summed E-state index contributed by atoms with van der Waals surface area (Å²) in [4.78, 5) is 15.6. The van der Waals surface area contributed by atoms with Crippen molar-refractivity contribution in [1.29, 1.82) is 0 Å². The minimum absolute atomic E-state index is 0.0609. The van der Waals surface area contributed by atoms with Gasteiger partial charge >= 0.3 is 5.97 Å². The number of likely N-dealkylation sites (N-methyl/N-ethyl adjacent to an activating group) is 1. The number of piperidine rings is 1. The summed E-state index contributed by atoms with van der Waals surface area (Å²) >= 11 is 0. The summed E-state index contributed by atoms with van der Waals surface area (Å²) in [5.74, 6) is 0.633. The van der Waals surface area contributed by atoms with Crippen LogP contribution in [0.25, 0.3) is 0 Å². The molecule has 5 rings (SSSR count). The number of esters is 1. The molecule has 1 aromatic carbocycles. The summed E-state index contributed by atoms with van der Waals surface area (Å²) in [5, 5.41) is 14.5. The number of carbonyl (C=O) groups is 1. The molecule has 2 N–H and O–H groups in total. The van der Waals surface area contributed by atoms with Gasteiger partial charge < -0.3 is 24.2 Å². The topological polar surface area (TPSA) is 80.3 Å². The van der Waals surface area contributed by atoms with Crippen LogP contribution in [0.15, 0.2) is 12.1 Å². The van der Waals surface area contributed by atoms with Crippen LogP contribution in [0.4, 0.5) is 0 Å². The van der Waals surface area contributed by atoms with E-state index in [2.05, 4.69) is 23.3 Å². The molecule has 0 unspecified atom stereocenters. The van der Waals surface area contributed by atoms with E-state index in [9.17, 15) is 9.90 Å². The third kappa shape index (κ3) is 3.16. The summed E-state index contributed by atoms with van der Waals surface area (Å²) in [6.45, 7) is 10.7. The van der Waals surface area contributed by atoms with Crippen molar-refractivity contribution in [2.45, 2.75) is 101 Å². The van der Waals surface area contributed by atoms with E-state index in [1.165, 1.54) is 5.56 Å². The third-order valence-corrected chi connectivity index (χ3v) is 8.77. The van der Waals surface area contributed by atoms with Crippen molar-refractivity contribution >= 4 is 5.97 Å². The van der Waals surface area contributed by atoms with Gasteiger partial charge in [0.2, 0.25) is 0 Å². The van der Waals surface area contributed by atoms with E-state index in [0.717, 1.165) is 37.8 Å². The van der Waals surface area contributed by atoms with E-state index in [0.29, 0.717) is 5.75 Å². The van der Waals surface area contributed by atoms with Crippen molar-refractivity contribution in [2.75, 3.05) is 20.7 Å².